The topological polar surface area (TPSA) is 45.2 Å². The Morgan fingerprint density at radius 1 is 0.897 bits per heavy atom. The molecule has 5 heteroatoms. The summed E-state index contributed by atoms with van der Waals surface area (Å²) < 4.78 is 0. The lowest BCUT2D eigenvalue weighted by Crippen LogP contribution is -2.23. The number of amides is 1. The maximum absolute atomic E-state index is 11.8. The average molecular weight is 408 g/mol. The largest absolute Gasteiger partial charge is 0.338 e. The number of benzene rings is 2. The Kier molecular flexibility index (Phi) is 7.39. The summed E-state index contributed by atoms with van der Waals surface area (Å²) in [5.41, 5.74) is 6.14. The van der Waals surface area contributed by atoms with Gasteiger partial charge in [0.2, 0.25) is 5.91 Å². The molecule has 1 aliphatic heterocycles. The van der Waals surface area contributed by atoms with Crippen molar-refractivity contribution in [2.24, 2.45) is 0 Å². The number of hydrogen-bond donors (Lipinski definition) is 1. The molecule has 0 radical (unpaired) electrons. The van der Waals surface area contributed by atoms with E-state index in [1.54, 1.807) is 0 Å². The summed E-state index contributed by atoms with van der Waals surface area (Å²) in [5, 5.41) is 3.52. The van der Waals surface area contributed by atoms with Crippen LogP contribution >= 0.6 is 12.4 Å². The van der Waals surface area contributed by atoms with Gasteiger partial charge in [-0.3, -0.25) is 9.78 Å². The lowest BCUT2D eigenvalue weighted by molar-refractivity contribution is -0.128. The van der Waals surface area contributed by atoms with Crippen LogP contribution in [0.25, 0.3) is 11.1 Å². The standard InChI is InChI=1S/C24H25N3O.ClH/c28-24-6-3-15-27(24)18-20-7-9-21(10-8-20)23-5-2-1-4-22(23)17-26-16-19-11-13-25-14-12-19;/h1-2,4-5,7-14,26H,3,6,15-18H2;1H. The van der Waals surface area contributed by atoms with Crippen LogP contribution < -0.4 is 5.32 Å². The van der Waals surface area contributed by atoms with E-state index in [4.69, 9.17) is 0 Å². The molecule has 150 valence electrons. The minimum Gasteiger partial charge on any atom is -0.338 e. The van der Waals surface area contributed by atoms with Gasteiger partial charge < -0.3 is 10.2 Å². The molecule has 0 atom stereocenters. The minimum absolute atomic E-state index is 0. The van der Waals surface area contributed by atoms with Crippen LogP contribution in [-0.4, -0.2) is 22.3 Å². The van der Waals surface area contributed by atoms with Crippen molar-refractivity contribution in [3.63, 3.8) is 0 Å². The smallest absolute Gasteiger partial charge is 0.222 e. The molecule has 29 heavy (non-hydrogen) atoms. The van der Waals surface area contributed by atoms with E-state index in [1.807, 2.05) is 29.4 Å². The molecule has 4 nitrogen and oxygen atoms in total. The first-order valence-corrected chi connectivity index (χ1v) is 9.84. The van der Waals surface area contributed by atoms with Crippen molar-refractivity contribution in [3.8, 4) is 11.1 Å². The van der Waals surface area contributed by atoms with Crippen LogP contribution in [0.3, 0.4) is 0 Å². The SMILES string of the molecule is Cl.O=C1CCCN1Cc1ccc(-c2ccccc2CNCc2ccncc2)cc1. The Labute approximate surface area is 178 Å². The van der Waals surface area contributed by atoms with E-state index in [9.17, 15) is 4.79 Å². The third kappa shape index (κ3) is 5.43. The fourth-order valence-electron chi connectivity index (χ4n) is 3.68. The minimum atomic E-state index is 0. The molecule has 0 spiro atoms. The van der Waals surface area contributed by atoms with Crippen molar-refractivity contribution in [3.05, 3.63) is 89.7 Å². The fraction of sp³-hybridized carbons (Fsp3) is 0.250. The van der Waals surface area contributed by atoms with Crippen molar-refractivity contribution in [2.45, 2.75) is 32.5 Å². The number of carbonyl (C=O) groups is 1. The Balaban J connectivity index is 0.00000240. The van der Waals surface area contributed by atoms with Gasteiger partial charge in [0.05, 0.1) is 0 Å². The summed E-state index contributed by atoms with van der Waals surface area (Å²) >= 11 is 0. The summed E-state index contributed by atoms with van der Waals surface area (Å²) in [6.45, 7) is 3.23. The monoisotopic (exact) mass is 407 g/mol. The Morgan fingerprint density at radius 3 is 2.38 bits per heavy atom. The fourth-order valence-corrected chi connectivity index (χ4v) is 3.68. The second-order valence-electron chi connectivity index (χ2n) is 7.23. The molecule has 0 unspecified atom stereocenters. The van der Waals surface area contributed by atoms with Gasteiger partial charge >= 0.3 is 0 Å². The molecule has 0 bridgehead atoms. The molecule has 1 aromatic heterocycles. The highest BCUT2D eigenvalue weighted by Crippen LogP contribution is 2.25. The predicted molar refractivity (Wildman–Crippen MR) is 119 cm³/mol. The van der Waals surface area contributed by atoms with Gasteiger partial charge in [-0.2, -0.15) is 0 Å². The third-order valence-electron chi connectivity index (χ3n) is 5.22. The van der Waals surface area contributed by atoms with Crippen molar-refractivity contribution < 1.29 is 4.79 Å². The van der Waals surface area contributed by atoms with E-state index in [-0.39, 0.29) is 18.3 Å². The van der Waals surface area contributed by atoms with Gasteiger partial charge in [-0.05, 0) is 46.4 Å². The molecule has 4 rings (SSSR count). The Bertz CT molecular complexity index is 928. The first-order chi connectivity index (χ1) is 13.8. The molecule has 1 saturated heterocycles. The molecular weight excluding hydrogens is 382 g/mol. The number of nitrogens with one attached hydrogen (secondary N) is 1. The van der Waals surface area contributed by atoms with E-state index in [2.05, 4.69) is 58.8 Å². The summed E-state index contributed by atoms with van der Waals surface area (Å²) in [6, 6.07) is 21.2. The van der Waals surface area contributed by atoms with E-state index >= 15 is 0 Å². The van der Waals surface area contributed by atoms with Crippen LogP contribution in [-0.2, 0) is 24.4 Å². The van der Waals surface area contributed by atoms with Crippen molar-refractivity contribution in [1.82, 2.24) is 15.2 Å². The zero-order chi connectivity index (χ0) is 19.2. The highest BCUT2D eigenvalue weighted by Gasteiger charge is 2.19. The van der Waals surface area contributed by atoms with Gasteiger partial charge in [-0.25, -0.2) is 0 Å². The predicted octanol–water partition coefficient (Wildman–Crippen LogP) is 4.58. The first-order valence-electron chi connectivity index (χ1n) is 9.84. The van der Waals surface area contributed by atoms with Gasteiger partial charge in [0.1, 0.15) is 0 Å². The van der Waals surface area contributed by atoms with Crippen LogP contribution in [0.5, 0.6) is 0 Å². The first kappa shape index (κ1) is 21.0. The van der Waals surface area contributed by atoms with Gasteiger partial charge in [0.25, 0.3) is 0 Å². The quantitative estimate of drug-likeness (QED) is 0.623. The lowest BCUT2D eigenvalue weighted by Gasteiger charge is -2.16. The maximum Gasteiger partial charge on any atom is 0.222 e. The summed E-state index contributed by atoms with van der Waals surface area (Å²) in [7, 11) is 0. The lowest BCUT2D eigenvalue weighted by atomic mass is 9.98. The molecule has 3 aromatic rings. The van der Waals surface area contributed by atoms with Gasteiger partial charge in [0.15, 0.2) is 0 Å². The van der Waals surface area contributed by atoms with E-state index in [0.29, 0.717) is 13.0 Å². The molecule has 0 aliphatic carbocycles. The molecule has 1 aliphatic rings. The summed E-state index contributed by atoms with van der Waals surface area (Å²) in [4.78, 5) is 17.8. The zero-order valence-corrected chi connectivity index (χ0v) is 17.2. The highest BCUT2D eigenvalue weighted by molar-refractivity contribution is 5.85. The van der Waals surface area contributed by atoms with Crippen LogP contribution in [0.1, 0.15) is 29.5 Å². The van der Waals surface area contributed by atoms with Crippen molar-refractivity contribution in [2.75, 3.05) is 6.54 Å². The van der Waals surface area contributed by atoms with Crippen molar-refractivity contribution in [1.29, 1.82) is 0 Å². The van der Waals surface area contributed by atoms with Crippen LogP contribution in [0.4, 0.5) is 0 Å². The van der Waals surface area contributed by atoms with Crippen LogP contribution in [0.2, 0.25) is 0 Å². The number of pyridine rings is 1. The second-order valence-corrected chi connectivity index (χ2v) is 7.23. The zero-order valence-electron chi connectivity index (χ0n) is 16.4. The third-order valence-corrected chi connectivity index (χ3v) is 5.22. The Morgan fingerprint density at radius 2 is 1.66 bits per heavy atom. The highest BCUT2D eigenvalue weighted by atomic mass is 35.5. The molecule has 1 N–H and O–H groups in total. The normalized spacial score (nSPS) is 13.4. The van der Waals surface area contributed by atoms with Gasteiger partial charge in [0, 0.05) is 45.0 Å². The van der Waals surface area contributed by atoms with E-state index < -0.39 is 0 Å². The van der Waals surface area contributed by atoms with Crippen LogP contribution in [0, 0.1) is 0 Å². The molecule has 1 amide bonds. The molecule has 2 heterocycles. The maximum atomic E-state index is 11.8. The van der Waals surface area contributed by atoms with Gasteiger partial charge in [-0.1, -0.05) is 48.5 Å². The molecule has 0 saturated carbocycles. The number of aromatic nitrogens is 1. The molecule has 1 fully saturated rings. The second kappa shape index (κ2) is 10.2. The van der Waals surface area contributed by atoms with E-state index in [0.717, 1.165) is 26.1 Å². The number of nitrogens with zero attached hydrogens (tertiary/aromatic N) is 2. The number of hydrogen-bond acceptors (Lipinski definition) is 3. The number of carbonyl (C=O) groups excluding carboxylic acids is 1. The van der Waals surface area contributed by atoms with Crippen LogP contribution in [0.15, 0.2) is 73.1 Å². The molecule has 2 aromatic carbocycles. The summed E-state index contributed by atoms with van der Waals surface area (Å²) in [6.07, 6.45) is 5.32. The summed E-state index contributed by atoms with van der Waals surface area (Å²) in [5.74, 6) is 0.273. The Hall–Kier alpha value is -2.69. The van der Waals surface area contributed by atoms with Gasteiger partial charge in [-0.15, -0.1) is 12.4 Å². The number of halogens is 1. The number of likely N-dealkylation sites (tertiary alicyclic amines) is 1. The van der Waals surface area contributed by atoms with Crippen molar-refractivity contribution >= 4 is 18.3 Å². The molecular formula is C24H26ClN3O. The average Bonchev–Trinajstić information content (AvgIpc) is 3.14. The van der Waals surface area contributed by atoms with E-state index in [1.165, 1.54) is 27.8 Å². The number of rotatable bonds is 7.